The zero-order valence-electron chi connectivity index (χ0n) is 11.6. The smallest absolute Gasteiger partial charge is 0.331 e. The first-order valence-corrected chi connectivity index (χ1v) is 6.21. The molecule has 7 heteroatoms. The van der Waals surface area contributed by atoms with E-state index in [1.54, 1.807) is 19.2 Å². The Kier molecular flexibility index (Phi) is 5.79. The van der Waals surface area contributed by atoms with Gasteiger partial charge in [0.05, 0.1) is 12.3 Å². The third-order valence-corrected chi connectivity index (χ3v) is 2.67. The minimum absolute atomic E-state index is 0.0971. The summed E-state index contributed by atoms with van der Waals surface area (Å²) in [6.45, 7) is 4.98. The molecule has 0 fully saturated rings. The van der Waals surface area contributed by atoms with Crippen LogP contribution in [0.3, 0.4) is 0 Å². The van der Waals surface area contributed by atoms with E-state index in [1.165, 1.54) is 4.68 Å². The molecular formula is C13H17F3N2O2. The number of carbonyl (C=O) groups excluding carboxylic acids is 1. The molecule has 1 aromatic rings. The number of esters is 1. The fourth-order valence-electron chi connectivity index (χ4n) is 1.69. The second-order valence-electron chi connectivity index (χ2n) is 4.71. The first kappa shape index (κ1) is 16.3. The van der Waals surface area contributed by atoms with Crippen LogP contribution in [0.5, 0.6) is 0 Å². The maximum absolute atomic E-state index is 12.6. The zero-order valence-corrected chi connectivity index (χ0v) is 11.6. The van der Waals surface area contributed by atoms with Crippen molar-refractivity contribution in [3.8, 4) is 0 Å². The van der Waals surface area contributed by atoms with E-state index >= 15 is 0 Å². The van der Waals surface area contributed by atoms with Crippen LogP contribution in [0.1, 0.15) is 32.0 Å². The summed E-state index contributed by atoms with van der Waals surface area (Å²) >= 11 is 0. The molecule has 0 saturated heterocycles. The molecule has 112 valence electrons. The van der Waals surface area contributed by atoms with E-state index in [9.17, 15) is 18.0 Å². The highest BCUT2D eigenvalue weighted by molar-refractivity contribution is 5.74. The summed E-state index contributed by atoms with van der Waals surface area (Å²) in [7, 11) is 0. The maximum Gasteiger partial charge on any atom is 0.331 e. The summed E-state index contributed by atoms with van der Waals surface area (Å²) in [6, 6.07) is 1.08. The van der Waals surface area contributed by atoms with Gasteiger partial charge in [0, 0.05) is 12.6 Å². The Bertz CT molecular complexity index is 494. The van der Waals surface area contributed by atoms with Crippen molar-refractivity contribution in [2.24, 2.45) is 5.92 Å². The molecule has 0 amide bonds. The summed E-state index contributed by atoms with van der Waals surface area (Å²) in [5.41, 5.74) is 0.747. The van der Waals surface area contributed by atoms with Crippen LogP contribution in [0, 0.1) is 12.8 Å². The average molecular weight is 290 g/mol. The van der Waals surface area contributed by atoms with Crippen LogP contribution in [-0.4, -0.2) is 22.4 Å². The van der Waals surface area contributed by atoms with Gasteiger partial charge in [0.15, 0.2) is 11.9 Å². The lowest BCUT2D eigenvalue weighted by molar-refractivity contribution is -0.149. The van der Waals surface area contributed by atoms with Crippen molar-refractivity contribution in [2.75, 3.05) is 6.61 Å². The predicted octanol–water partition coefficient (Wildman–Crippen LogP) is 3.40. The Balaban J connectivity index is 2.65. The van der Waals surface area contributed by atoms with Crippen LogP contribution in [0.2, 0.25) is 0 Å². The number of hydrogen-bond acceptors (Lipinski definition) is 3. The van der Waals surface area contributed by atoms with Gasteiger partial charge in [-0.3, -0.25) is 4.68 Å². The molecule has 1 unspecified atom stereocenters. The van der Waals surface area contributed by atoms with Crippen LogP contribution in [0.25, 0.3) is 0 Å². The summed E-state index contributed by atoms with van der Waals surface area (Å²) < 4.78 is 42.6. The Hall–Kier alpha value is -1.79. The highest BCUT2D eigenvalue weighted by atomic mass is 19.3. The topological polar surface area (TPSA) is 44.1 Å². The van der Waals surface area contributed by atoms with Crippen molar-refractivity contribution in [2.45, 2.75) is 33.2 Å². The summed E-state index contributed by atoms with van der Waals surface area (Å²) in [5, 5.41) is 4.14. The molecule has 0 aliphatic carbocycles. The number of ether oxygens (including phenoxy) is 1. The Morgan fingerprint density at radius 3 is 2.50 bits per heavy atom. The van der Waals surface area contributed by atoms with Crippen molar-refractivity contribution in [3.05, 3.63) is 29.9 Å². The van der Waals surface area contributed by atoms with E-state index < -0.39 is 36.9 Å². The van der Waals surface area contributed by atoms with E-state index in [-0.39, 0.29) is 5.92 Å². The summed E-state index contributed by atoms with van der Waals surface area (Å²) in [5.74, 6) is -2.27. The van der Waals surface area contributed by atoms with Crippen molar-refractivity contribution >= 4 is 5.97 Å². The Morgan fingerprint density at radius 2 is 2.05 bits per heavy atom. The van der Waals surface area contributed by atoms with Gasteiger partial charge in [-0.2, -0.15) is 13.9 Å². The van der Waals surface area contributed by atoms with Crippen LogP contribution >= 0.6 is 0 Å². The highest BCUT2D eigenvalue weighted by Gasteiger charge is 2.26. The largest absolute Gasteiger partial charge is 0.464 e. The minimum atomic E-state index is -2.39. The fraction of sp³-hybridized carbons (Fsp3) is 0.538. The number of hydrogen-bond donors (Lipinski definition) is 0. The SMILES string of the molecule is Cc1ccn(C(C(=O)OCCC(F)=C(F)F)C(C)C)n1. The molecule has 0 radical (unpaired) electrons. The molecule has 0 spiro atoms. The number of halogens is 3. The van der Waals surface area contributed by atoms with Crippen LogP contribution in [0.15, 0.2) is 24.2 Å². The molecule has 0 aliphatic rings. The standard InChI is InChI=1S/C13H17F3N2O2/c1-8(2)11(18-6-4-9(3)17-18)13(19)20-7-5-10(14)12(15)16/h4,6,8,11H,5,7H2,1-3H3. The molecule has 0 N–H and O–H groups in total. The predicted molar refractivity (Wildman–Crippen MR) is 66.8 cm³/mol. The van der Waals surface area contributed by atoms with Gasteiger partial charge in [0.2, 0.25) is 0 Å². The Labute approximate surface area is 115 Å². The van der Waals surface area contributed by atoms with Gasteiger partial charge in [-0.25, -0.2) is 9.18 Å². The van der Waals surface area contributed by atoms with E-state index in [4.69, 9.17) is 4.74 Å². The number of nitrogens with zero attached hydrogens (tertiary/aromatic N) is 2. The lowest BCUT2D eigenvalue weighted by Gasteiger charge is -2.19. The van der Waals surface area contributed by atoms with Gasteiger partial charge in [-0.1, -0.05) is 13.8 Å². The zero-order chi connectivity index (χ0) is 15.3. The summed E-state index contributed by atoms with van der Waals surface area (Å²) in [6.07, 6.45) is -1.37. The number of aromatic nitrogens is 2. The van der Waals surface area contributed by atoms with E-state index in [1.807, 2.05) is 13.8 Å². The third kappa shape index (κ3) is 4.40. The molecule has 1 rings (SSSR count). The van der Waals surface area contributed by atoms with Gasteiger partial charge in [0.25, 0.3) is 0 Å². The van der Waals surface area contributed by atoms with Crippen molar-refractivity contribution in [3.63, 3.8) is 0 Å². The second kappa shape index (κ2) is 7.12. The van der Waals surface area contributed by atoms with Crippen molar-refractivity contribution in [1.82, 2.24) is 9.78 Å². The molecule has 1 aromatic heterocycles. The van der Waals surface area contributed by atoms with Crippen molar-refractivity contribution < 1.29 is 22.7 Å². The van der Waals surface area contributed by atoms with Gasteiger partial charge >= 0.3 is 12.0 Å². The molecule has 20 heavy (non-hydrogen) atoms. The molecular weight excluding hydrogens is 273 g/mol. The quantitative estimate of drug-likeness (QED) is 0.754. The third-order valence-electron chi connectivity index (χ3n) is 2.67. The fourth-order valence-corrected chi connectivity index (χ4v) is 1.69. The van der Waals surface area contributed by atoms with Crippen molar-refractivity contribution in [1.29, 1.82) is 0 Å². The minimum Gasteiger partial charge on any atom is -0.464 e. The van der Waals surface area contributed by atoms with Crippen LogP contribution < -0.4 is 0 Å². The highest BCUT2D eigenvalue weighted by Crippen LogP contribution is 2.20. The molecule has 1 heterocycles. The summed E-state index contributed by atoms with van der Waals surface area (Å²) in [4.78, 5) is 11.9. The second-order valence-corrected chi connectivity index (χ2v) is 4.71. The van der Waals surface area contributed by atoms with Crippen LogP contribution in [-0.2, 0) is 9.53 Å². The molecule has 0 aromatic carbocycles. The lowest BCUT2D eigenvalue weighted by Crippen LogP contribution is -2.27. The number of aryl methyl sites for hydroxylation is 1. The van der Waals surface area contributed by atoms with Gasteiger partial charge in [-0.15, -0.1) is 0 Å². The average Bonchev–Trinajstić information content (AvgIpc) is 2.74. The number of carbonyl (C=O) groups is 1. The molecule has 4 nitrogen and oxygen atoms in total. The Morgan fingerprint density at radius 1 is 1.40 bits per heavy atom. The molecule has 0 aliphatic heterocycles. The molecule has 1 atom stereocenters. The van der Waals surface area contributed by atoms with E-state index in [2.05, 4.69) is 5.10 Å². The first-order chi connectivity index (χ1) is 9.32. The van der Waals surface area contributed by atoms with E-state index in [0.717, 1.165) is 5.69 Å². The van der Waals surface area contributed by atoms with Gasteiger partial charge < -0.3 is 4.74 Å². The normalized spacial score (nSPS) is 12.3. The maximum atomic E-state index is 12.6. The molecule has 0 saturated carbocycles. The molecule has 0 bridgehead atoms. The first-order valence-electron chi connectivity index (χ1n) is 6.21. The lowest BCUT2D eigenvalue weighted by atomic mass is 10.1. The van der Waals surface area contributed by atoms with Crippen LogP contribution in [0.4, 0.5) is 13.2 Å². The van der Waals surface area contributed by atoms with E-state index in [0.29, 0.717) is 0 Å². The van der Waals surface area contributed by atoms with Gasteiger partial charge in [0.1, 0.15) is 0 Å². The number of rotatable bonds is 6. The monoisotopic (exact) mass is 290 g/mol. The van der Waals surface area contributed by atoms with Gasteiger partial charge in [-0.05, 0) is 18.9 Å².